The molecule has 1 atom stereocenters. The molecule has 1 aromatic carbocycles. The monoisotopic (exact) mass is 376 g/mol. The third-order valence-corrected chi connectivity index (χ3v) is 5.07. The van der Waals surface area contributed by atoms with Gasteiger partial charge in [-0.15, -0.1) is 0 Å². The van der Waals surface area contributed by atoms with Crippen LogP contribution >= 0.6 is 0 Å². The Hall–Kier alpha value is -0.671. The van der Waals surface area contributed by atoms with E-state index in [4.69, 9.17) is 5.11 Å². The Labute approximate surface area is 121 Å². The molecule has 0 aromatic heterocycles. The molecule has 0 fully saturated rings. The third kappa shape index (κ3) is 5.87. The van der Waals surface area contributed by atoms with E-state index in [1.807, 2.05) is 0 Å². The second-order valence-corrected chi connectivity index (χ2v) is 7.25. The summed E-state index contributed by atoms with van der Waals surface area (Å²) < 4.78 is 41.2. The van der Waals surface area contributed by atoms with E-state index < -0.39 is 33.4 Å². The molecule has 0 bridgehead atoms. The van der Waals surface area contributed by atoms with Crippen LogP contribution in [0.5, 0.6) is 0 Å². The normalized spacial score (nSPS) is 12.7. The SMILES string of the molecule is CCC[CH2][Sn][C]#Cc1ccc(C(O)C(F)(F)F)cc1. The Kier molecular flexibility index (Phi) is 6.73. The summed E-state index contributed by atoms with van der Waals surface area (Å²) in [6, 6.07) is 5.60. The second kappa shape index (κ2) is 7.81. The molecule has 102 valence electrons. The van der Waals surface area contributed by atoms with Gasteiger partial charge in [-0.25, -0.2) is 0 Å². The minimum atomic E-state index is -4.62. The summed E-state index contributed by atoms with van der Waals surface area (Å²) in [5.74, 6) is 2.97. The number of alkyl halides is 3. The summed E-state index contributed by atoms with van der Waals surface area (Å²) >= 11 is -0.645. The van der Waals surface area contributed by atoms with Crippen LogP contribution in [0, 0.1) is 9.86 Å². The van der Waals surface area contributed by atoms with Gasteiger partial charge in [0.05, 0.1) is 0 Å². The maximum atomic E-state index is 12.3. The van der Waals surface area contributed by atoms with Crippen molar-refractivity contribution in [3.8, 4) is 9.86 Å². The molecule has 1 unspecified atom stereocenters. The third-order valence-electron chi connectivity index (χ3n) is 2.49. The van der Waals surface area contributed by atoms with E-state index in [1.54, 1.807) is 0 Å². The maximum absolute atomic E-state index is 12.3. The van der Waals surface area contributed by atoms with E-state index in [0.717, 1.165) is 0 Å². The Bertz CT molecular complexity index is 442. The van der Waals surface area contributed by atoms with E-state index in [1.165, 1.54) is 41.5 Å². The number of halogens is 3. The first-order chi connectivity index (χ1) is 8.95. The van der Waals surface area contributed by atoms with E-state index in [-0.39, 0.29) is 5.56 Å². The molecule has 1 rings (SSSR count). The number of benzene rings is 1. The fourth-order valence-corrected chi connectivity index (χ4v) is 3.92. The summed E-state index contributed by atoms with van der Waals surface area (Å²) in [6.45, 7) is 2.14. The van der Waals surface area contributed by atoms with Crippen molar-refractivity contribution in [2.75, 3.05) is 0 Å². The van der Waals surface area contributed by atoms with E-state index in [9.17, 15) is 13.2 Å². The van der Waals surface area contributed by atoms with E-state index in [2.05, 4.69) is 16.8 Å². The summed E-state index contributed by atoms with van der Waals surface area (Å²) in [5.41, 5.74) is 0.555. The summed E-state index contributed by atoms with van der Waals surface area (Å²) in [4.78, 5) is 0. The number of aliphatic hydroxyl groups excluding tert-OH is 1. The van der Waals surface area contributed by atoms with Crippen molar-refractivity contribution in [1.82, 2.24) is 0 Å². The first-order valence-electron chi connectivity index (χ1n) is 6.03. The number of unbranched alkanes of at least 4 members (excludes halogenated alkanes) is 1. The Morgan fingerprint density at radius 2 is 1.89 bits per heavy atom. The zero-order valence-corrected chi connectivity index (χ0v) is 13.4. The van der Waals surface area contributed by atoms with Crippen LogP contribution in [0.15, 0.2) is 24.3 Å². The minimum absolute atomic E-state index is 0.149. The average molecular weight is 375 g/mol. The molecule has 0 saturated carbocycles. The molecule has 19 heavy (non-hydrogen) atoms. The van der Waals surface area contributed by atoms with Gasteiger partial charge in [-0.1, -0.05) is 0 Å². The summed E-state index contributed by atoms with van der Waals surface area (Å²) in [7, 11) is 0. The molecule has 0 saturated heterocycles. The molecule has 0 aliphatic carbocycles. The Balaban J connectivity index is 2.61. The predicted octanol–water partition coefficient (Wildman–Crippen LogP) is 3.51. The standard InChI is InChI=1S/C10H6F3O.C4H9.Sn/c1-2-7-3-5-8(6-4-7)9(14)10(11,12)13;1-3-4-2;/h3-6,9,14H;1,3-4H2,2H3;. The first kappa shape index (κ1) is 16.4. The van der Waals surface area contributed by atoms with Gasteiger partial charge in [0.15, 0.2) is 0 Å². The van der Waals surface area contributed by atoms with Gasteiger partial charge in [0.1, 0.15) is 0 Å². The van der Waals surface area contributed by atoms with Gasteiger partial charge in [0.25, 0.3) is 0 Å². The van der Waals surface area contributed by atoms with Crippen molar-refractivity contribution in [3.05, 3.63) is 35.4 Å². The van der Waals surface area contributed by atoms with Crippen molar-refractivity contribution in [1.29, 1.82) is 0 Å². The Morgan fingerprint density at radius 1 is 1.26 bits per heavy atom. The van der Waals surface area contributed by atoms with Gasteiger partial charge in [0, 0.05) is 0 Å². The fraction of sp³-hybridized carbons (Fsp3) is 0.429. The molecule has 2 radical (unpaired) electrons. The van der Waals surface area contributed by atoms with Gasteiger partial charge in [0.2, 0.25) is 0 Å². The molecule has 1 aromatic rings. The van der Waals surface area contributed by atoms with Crippen LogP contribution in [0.2, 0.25) is 4.44 Å². The molecule has 0 aliphatic heterocycles. The molecule has 0 spiro atoms. The van der Waals surface area contributed by atoms with Gasteiger partial charge < -0.3 is 0 Å². The van der Waals surface area contributed by atoms with Crippen LogP contribution in [-0.4, -0.2) is 32.4 Å². The zero-order chi connectivity index (χ0) is 14.3. The van der Waals surface area contributed by atoms with Crippen LogP contribution in [0.1, 0.15) is 37.0 Å². The fourth-order valence-electron chi connectivity index (χ4n) is 1.38. The van der Waals surface area contributed by atoms with Crippen LogP contribution in [-0.2, 0) is 0 Å². The number of rotatable bonds is 4. The van der Waals surface area contributed by atoms with Crippen LogP contribution in [0.4, 0.5) is 13.2 Å². The second-order valence-electron chi connectivity index (χ2n) is 4.10. The van der Waals surface area contributed by atoms with Crippen molar-refractivity contribution in [3.63, 3.8) is 0 Å². The number of hydrogen-bond acceptors (Lipinski definition) is 1. The summed E-state index contributed by atoms with van der Waals surface area (Å²) in [5, 5.41) is 9.07. The molecule has 0 amide bonds. The van der Waals surface area contributed by atoms with Crippen LogP contribution in [0.25, 0.3) is 0 Å². The quantitative estimate of drug-likeness (QED) is 0.485. The van der Waals surface area contributed by atoms with Crippen LogP contribution < -0.4 is 0 Å². The molecule has 5 heteroatoms. The van der Waals surface area contributed by atoms with E-state index in [0.29, 0.717) is 5.56 Å². The molecular formula is C14H15F3OSn. The van der Waals surface area contributed by atoms with Gasteiger partial charge >= 0.3 is 121 Å². The first-order valence-corrected chi connectivity index (χ1v) is 9.48. The summed E-state index contributed by atoms with van der Waals surface area (Å²) in [6.07, 6.45) is -4.66. The zero-order valence-electron chi connectivity index (χ0n) is 10.6. The van der Waals surface area contributed by atoms with Crippen molar-refractivity contribution in [2.24, 2.45) is 0 Å². The molecule has 1 N–H and O–H groups in total. The van der Waals surface area contributed by atoms with Crippen molar-refractivity contribution < 1.29 is 18.3 Å². The number of aliphatic hydroxyl groups is 1. The molecule has 0 heterocycles. The molecular weight excluding hydrogens is 360 g/mol. The Morgan fingerprint density at radius 3 is 2.42 bits per heavy atom. The van der Waals surface area contributed by atoms with E-state index >= 15 is 0 Å². The molecule has 1 nitrogen and oxygen atoms in total. The van der Waals surface area contributed by atoms with Gasteiger partial charge in [-0.2, -0.15) is 0 Å². The predicted molar refractivity (Wildman–Crippen MR) is 69.8 cm³/mol. The van der Waals surface area contributed by atoms with Crippen LogP contribution in [0.3, 0.4) is 0 Å². The average Bonchev–Trinajstić information content (AvgIpc) is 2.37. The van der Waals surface area contributed by atoms with Gasteiger partial charge in [-0.3, -0.25) is 0 Å². The topological polar surface area (TPSA) is 20.2 Å². The number of hydrogen-bond donors (Lipinski definition) is 1. The van der Waals surface area contributed by atoms with Crippen molar-refractivity contribution >= 4 is 21.1 Å². The molecule has 0 aliphatic rings. The van der Waals surface area contributed by atoms with Gasteiger partial charge in [-0.05, 0) is 0 Å². The van der Waals surface area contributed by atoms with Crippen molar-refractivity contribution in [2.45, 2.75) is 36.5 Å².